The van der Waals surface area contributed by atoms with Crippen LogP contribution in [0.1, 0.15) is 5.56 Å². The number of hydrogen-bond donors (Lipinski definition) is 1. The zero-order valence-corrected chi connectivity index (χ0v) is 24.1. The van der Waals surface area contributed by atoms with Crippen LogP contribution < -0.4 is 20.3 Å². The van der Waals surface area contributed by atoms with Gasteiger partial charge in [-0.1, -0.05) is 53.5 Å². The Morgan fingerprint density at radius 3 is 2.60 bits per heavy atom. The molecule has 0 aliphatic rings. The highest BCUT2D eigenvalue weighted by molar-refractivity contribution is 6.31. The summed E-state index contributed by atoms with van der Waals surface area (Å²) in [6.07, 6.45) is 1.39. The van der Waals surface area contributed by atoms with E-state index in [1.165, 1.54) is 13.3 Å². The molecule has 11 heteroatoms. The lowest BCUT2D eigenvalue weighted by molar-refractivity contribution is -0.118. The largest absolute Gasteiger partial charge is 0.493 e. The summed E-state index contributed by atoms with van der Waals surface area (Å²) < 4.78 is 18.5. The van der Waals surface area contributed by atoms with Crippen LogP contribution in [0.3, 0.4) is 0 Å². The number of nitrogens with zero attached hydrogens (tertiary/aromatic N) is 3. The number of hydrogen-bond acceptors (Lipinski definition) is 7. The van der Waals surface area contributed by atoms with E-state index >= 15 is 0 Å². The molecule has 0 atom stereocenters. The van der Waals surface area contributed by atoms with Gasteiger partial charge >= 0.3 is 0 Å². The Labute approximate surface area is 254 Å². The Balaban J connectivity index is 1.41. The Morgan fingerprint density at radius 1 is 1.00 bits per heavy atom. The lowest BCUT2D eigenvalue weighted by atomic mass is 10.2. The summed E-state index contributed by atoms with van der Waals surface area (Å²) in [5.41, 5.74) is 1.62. The average molecular weight is 613 g/mol. The molecule has 0 radical (unpaired) electrons. The van der Waals surface area contributed by atoms with Crippen molar-refractivity contribution in [1.29, 1.82) is 0 Å². The van der Waals surface area contributed by atoms with Crippen LogP contribution in [0.2, 0.25) is 10.0 Å². The van der Waals surface area contributed by atoms with E-state index in [0.29, 0.717) is 43.5 Å². The first kappa shape index (κ1) is 28.0. The van der Waals surface area contributed by atoms with Crippen LogP contribution in [0.15, 0.2) is 105 Å². The van der Waals surface area contributed by atoms with Crippen molar-refractivity contribution >= 4 is 62.9 Å². The highest BCUT2D eigenvalue weighted by Crippen LogP contribution is 2.34. The number of ether oxygens (including phenoxy) is 2. The van der Waals surface area contributed by atoms with Crippen molar-refractivity contribution in [3.8, 4) is 23.1 Å². The van der Waals surface area contributed by atoms with Gasteiger partial charge in [-0.15, -0.1) is 0 Å². The number of carbonyl (C=O) groups excluding carboxylic acids is 1. The predicted molar refractivity (Wildman–Crippen MR) is 168 cm³/mol. The molecule has 0 spiro atoms. The molecule has 0 fully saturated rings. The maximum atomic E-state index is 13.7. The van der Waals surface area contributed by atoms with E-state index in [4.69, 9.17) is 42.1 Å². The van der Waals surface area contributed by atoms with E-state index in [1.807, 2.05) is 18.2 Å². The minimum Gasteiger partial charge on any atom is -0.493 e. The zero-order valence-electron chi connectivity index (χ0n) is 22.6. The molecule has 6 rings (SSSR count). The molecule has 2 aromatic heterocycles. The van der Waals surface area contributed by atoms with E-state index < -0.39 is 5.56 Å². The highest BCUT2D eigenvalue weighted by atomic mass is 35.5. The van der Waals surface area contributed by atoms with E-state index in [0.717, 1.165) is 10.1 Å². The van der Waals surface area contributed by atoms with Gasteiger partial charge in [0.15, 0.2) is 23.9 Å². The number of carbonyl (C=O) groups is 1. The average Bonchev–Trinajstić information content (AvgIpc) is 3.43. The molecule has 43 heavy (non-hydrogen) atoms. The number of methoxy groups -OCH3 is 1. The molecule has 9 nitrogen and oxygen atoms in total. The predicted octanol–water partition coefficient (Wildman–Crippen LogP) is 7.02. The second kappa shape index (κ2) is 12.0. The van der Waals surface area contributed by atoms with Crippen LogP contribution >= 0.6 is 23.2 Å². The van der Waals surface area contributed by atoms with Crippen LogP contribution in [-0.2, 0) is 4.79 Å². The van der Waals surface area contributed by atoms with Gasteiger partial charge in [0.25, 0.3) is 11.5 Å². The SMILES string of the molecule is COc1cc(Cl)cc(C=Nn2c(-c3cc4cc(Cl)ccc4o3)nc3ccccc3c2=O)c1OCC(=O)Nc1ccccc1. The maximum absolute atomic E-state index is 13.7. The number of para-hydroxylation sites is 2. The van der Waals surface area contributed by atoms with Crippen LogP contribution in [0.4, 0.5) is 5.69 Å². The van der Waals surface area contributed by atoms with Crippen LogP contribution in [0, 0.1) is 0 Å². The monoisotopic (exact) mass is 612 g/mol. The zero-order chi connectivity index (χ0) is 29.9. The summed E-state index contributed by atoms with van der Waals surface area (Å²) in [6, 6.07) is 26.0. The van der Waals surface area contributed by atoms with Gasteiger partial charge in [0.1, 0.15) is 5.58 Å². The Bertz CT molecular complexity index is 2070. The normalized spacial score (nSPS) is 11.3. The number of furan rings is 1. The fourth-order valence-corrected chi connectivity index (χ4v) is 4.88. The lowest BCUT2D eigenvalue weighted by Gasteiger charge is -2.14. The number of benzene rings is 4. The van der Waals surface area contributed by atoms with Crippen molar-refractivity contribution in [2.75, 3.05) is 19.0 Å². The fraction of sp³-hybridized carbons (Fsp3) is 0.0625. The molecule has 0 aliphatic carbocycles. The van der Waals surface area contributed by atoms with E-state index in [2.05, 4.69) is 10.4 Å². The Kier molecular flexibility index (Phi) is 7.83. The minimum atomic E-state index is -0.422. The van der Waals surface area contributed by atoms with Crippen molar-refractivity contribution < 1.29 is 18.7 Å². The number of fused-ring (bicyclic) bond motifs is 2. The smallest absolute Gasteiger partial charge is 0.282 e. The molecule has 2 heterocycles. The lowest BCUT2D eigenvalue weighted by Crippen LogP contribution is -2.21. The third-order valence-corrected chi connectivity index (χ3v) is 6.89. The minimum absolute atomic E-state index is 0.172. The van der Waals surface area contributed by atoms with Gasteiger partial charge in [-0.3, -0.25) is 9.59 Å². The molecule has 4 aromatic carbocycles. The summed E-state index contributed by atoms with van der Waals surface area (Å²) >= 11 is 12.5. The number of aromatic nitrogens is 2. The van der Waals surface area contributed by atoms with Gasteiger partial charge in [0.05, 0.1) is 24.2 Å². The van der Waals surface area contributed by atoms with Crippen LogP contribution in [0.25, 0.3) is 33.5 Å². The van der Waals surface area contributed by atoms with Crippen molar-refractivity contribution in [2.45, 2.75) is 0 Å². The van der Waals surface area contributed by atoms with Crippen molar-refractivity contribution in [3.05, 3.63) is 117 Å². The molecule has 214 valence electrons. The summed E-state index contributed by atoms with van der Waals surface area (Å²) in [4.78, 5) is 31.0. The molecule has 0 bridgehead atoms. The molecule has 1 N–H and O–H groups in total. The topological polar surface area (TPSA) is 108 Å². The number of nitrogens with one attached hydrogen (secondary N) is 1. The number of anilines is 1. The van der Waals surface area contributed by atoms with Gasteiger partial charge in [0.2, 0.25) is 5.82 Å². The van der Waals surface area contributed by atoms with Crippen LogP contribution in [0.5, 0.6) is 11.5 Å². The molecule has 0 aliphatic heterocycles. The molecule has 0 unspecified atom stereocenters. The summed E-state index contributed by atoms with van der Waals surface area (Å²) in [5.74, 6) is 0.592. The van der Waals surface area contributed by atoms with Crippen molar-refractivity contribution in [3.63, 3.8) is 0 Å². The first-order valence-electron chi connectivity index (χ1n) is 13.0. The van der Waals surface area contributed by atoms with Crippen molar-refractivity contribution in [1.82, 2.24) is 9.66 Å². The van der Waals surface area contributed by atoms with Gasteiger partial charge in [0, 0.05) is 32.7 Å². The molecular weight excluding hydrogens is 591 g/mol. The third-order valence-electron chi connectivity index (χ3n) is 6.44. The van der Waals surface area contributed by atoms with Crippen LogP contribution in [-0.4, -0.2) is 35.5 Å². The Hall–Kier alpha value is -5.12. The first-order chi connectivity index (χ1) is 20.9. The van der Waals surface area contributed by atoms with Gasteiger partial charge in [-0.05, 0) is 54.6 Å². The van der Waals surface area contributed by atoms with Gasteiger partial charge in [-0.25, -0.2) is 4.98 Å². The fourth-order valence-electron chi connectivity index (χ4n) is 4.48. The van der Waals surface area contributed by atoms with Gasteiger partial charge < -0.3 is 19.2 Å². The maximum Gasteiger partial charge on any atom is 0.282 e. The standard InChI is InChI=1S/C32H22Cl2N4O5/c1-41-27-16-22(34)14-20(30(27)42-18-29(39)36-23-7-3-2-4-8-23)17-35-38-31(37-25-10-6-5-9-24(25)32(38)40)28-15-19-13-21(33)11-12-26(19)43-28/h2-17H,18H2,1H3,(H,36,39). The number of rotatable bonds is 8. The first-order valence-corrected chi connectivity index (χ1v) is 13.8. The van der Waals surface area contributed by atoms with E-state index in [9.17, 15) is 9.59 Å². The number of amides is 1. The number of halogens is 2. The summed E-state index contributed by atoms with van der Waals surface area (Å²) in [7, 11) is 1.45. The molecule has 6 aromatic rings. The highest BCUT2D eigenvalue weighted by Gasteiger charge is 2.18. The Morgan fingerprint density at radius 2 is 1.79 bits per heavy atom. The summed E-state index contributed by atoms with van der Waals surface area (Å²) in [6.45, 7) is -0.321. The second-order valence-corrected chi connectivity index (χ2v) is 10.2. The molecule has 0 saturated carbocycles. The molecular formula is C32H22Cl2N4O5. The van der Waals surface area contributed by atoms with Gasteiger partial charge in [-0.2, -0.15) is 9.78 Å². The van der Waals surface area contributed by atoms with Crippen molar-refractivity contribution in [2.24, 2.45) is 5.10 Å². The molecule has 0 saturated heterocycles. The second-order valence-electron chi connectivity index (χ2n) is 9.34. The third kappa shape index (κ3) is 5.94. The quantitative estimate of drug-likeness (QED) is 0.185. The summed E-state index contributed by atoms with van der Waals surface area (Å²) in [5, 5.41) is 9.24. The van der Waals surface area contributed by atoms with E-state index in [1.54, 1.807) is 72.8 Å². The molecule has 1 amide bonds. The van der Waals surface area contributed by atoms with E-state index in [-0.39, 0.29) is 29.8 Å².